The second kappa shape index (κ2) is 11.6. The van der Waals surface area contributed by atoms with E-state index in [9.17, 15) is 15.0 Å². The average molecular weight is 386 g/mol. The molecule has 0 aliphatic rings. The number of fused-ring (bicyclic) bond motifs is 1. The van der Waals surface area contributed by atoms with Gasteiger partial charge in [0.25, 0.3) is 0 Å². The molecule has 1 aromatic heterocycles. The Hall–Kier alpha value is -2.24. The highest BCUT2D eigenvalue weighted by atomic mass is 16.4. The van der Waals surface area contributed by atoms with Crippen molar-refractivity contribution in [1.82, 2.24) is 4.98 Å². The maximum atomic E-state index is 10.6. The van der Waals surface area contributed by atoms with Gasteiger partial charge >= 0.3 is 5.97 Å². The summed E-state index contributed by atoms with van der Waals surface area (Å²) < 4.78 is 0. The lowest BCUT2D eigenvalue weighted by atomic mass is 9.99. The van der Waals surface area contributed by atoms with Crippen LogP contribution in [0.5, 0.6) is 0 Å². The molecular formula is C23H31NO4. The van der Waals surface area contributed by atoms with Crippen LogP contribution in [0.3, 0.4) is 0 Å². The number of unbranched alkanes of at least 4 members (excludes halogenated alkanes) is 2. The summed E-state index contributed by atoms with van der Waals surface area (Å²) in [5, 5.41) is 30.1. The van der Waals surface area contributed by atoms with Crippen molar-refractivity contribution in [2.24, 2.45) is 0 Å². The first-order valence-electron chi connectivity index (χ1n) is 10.1. The summed E-state index contributed by atoms with van der Waals surface area (Å²) in [6.07, 6.45) is 10.4. The number of aromatic nitrogens is 1. The Morgan fingerprint density at radius 1 is 1.14 bits per heavy atom. The monoisotopic (exact) mass is 385 g/mol. The molecule has 5 nitrogen and oxygen atoms in total. The molecule has 0 amide bonds. The highest BCUT2D eigenvalue weighted by Gasteiger charge is 2.11. The molecule has 0 saturated carbocycles. The Bertz CT molecular complexity index is 787. The van der Waals surface area contributed by atoms with Crippen LogP contribution in [-0.2, 0) is 4.79 Å². The van der Waals surface area contributed by atoms with Crippen LogP contribution in [0.1, 0.15) is 75.5 Å². The minimum atomic E-state index is -0.848. The number of hydrogen-bond donors (Lipinski definition) is 3. The quantitative estimate of drug-likeness (QED) is 0.454. The number of aliphatic hydroxyl groups is 2. The van der Waals surface area contributed by atoms with Crippen molar-refractivity contribution in [1.29, 1.82) is 0 Å². The minimum absolute atomic E-state index is 0.0563. The van der Waals surface area contributed by atoms with Crippen LogP contribution in [-0.4, -0.2) is 32.4 Å². The minimum Gasteiger partial charge on any atom is -0.481 e. The van der Waals surface area contributed by atoms with E-state index >= 15 is 0 Å². The molecule has 3 N–H and O–H groups in total. The molecule has 0 aliphatic heterocycles. The molecule has 1 aromatic carbocycles. The maximum Gasteiger partial charge on any atom is 0.303 e. The number of hydrogen-bond acceptors (Lipinski definition) is 4. The van der Waals surface area contributed by atoms with E-state index in [-0.39, 0.29) is 12.5 Å². The van der Waals surface area contributed by atoms with E-state index in [1.54, 1.807) is 6.20 Å². The van der Waals surface area contributed by atoms with E-state index in [1.807, 2.05) is 36.4 Å². The highest BCUT2D eigenvalue weighted by Crippen LogP contribution is 2.26. The summed E-state index contributed by atoms with van der Waals surface area (Å²) in [4.78, 5) is 15.0. The van der Waals surface area contributed by atoms with Crippen molar-refractivity contribution >= 4 is 22.9 Å². The van der Waals surface area contributed by atoms with Gasteiger partial charge in [0.2, 0.25) is 0 Å². The van der Waals surface area contributed by atoms with Gasteiger partial charge in [-0.3, -0.25) is 9.78 Å². The number of aliphatic hydroxyl groups excluding tert-OH is 2. The summed E-state index contributed by atoms with van der Waals surface area (Å²) in [7, 11) is 0. The van der Waals surface area contributed by atoms with E-state index in [4.69, 9.17) is 5.11 Å². The zero-order chi connectivity index (χ0) is 20.4. The zero-order valence-electron chi connectivity index (χ0n) is 16.6. The molecule has 2 aromatic rings. The second-order valence-electron chi connectivity index (χ2n) is 7.27. The van der Waals surface area contributed by atoms with Crippen LogP contribution >= 0.6 is 0 Å². The third-order valence-electron chi connectivity index (χ3n) is 4.90. The van der Waals surface area contributed by atoms with E-state index in [0.717, 1.165) is 47.7 Å². The molecule has 1 heterocycles. The number of nitrogens with zero attached hydrogens (tertiary/aromatic N) is 1. The average Bonchev–Trinajstić information content (AvgIpc) is 2.67. The largest absolute Gasteiger partial charge is 0.481 e. The standard InChI is InChI=1S/C23H31NO4/c1-2-3-4-8-19(25)9-5-7-17-14-15-24-21-13-12-18(16-20(17)21)22(26)10-6-11-23(27)28/h5,7,12-16,19,22,25-26H,2-4,6,8-11H2,1H3,(H,27,28)/b7-5+. The van der Waals surface area contributed by atoms with Gasteiger partial charge in [0.05, 0.1) is 17.7 Å². The number of carbonyl (C=O) groups is 1. The number of benzene rings is 1. The molecule has 0 saturated heterocycles. The second-order valence-corrected chi connectivity index (χ2v) is 7.27. The number of rotatable bonds is 12. The summed E-state index contributed by atoms with van der Waals surface area (Å²) in [6.45, 7) is 2.15. The smallest absolute Gasteiger partial charge is 0.303 e. The van der Waals surface area contributed by atoms with Crippen molar-refractivity contribution in [3.8, 4) is 0 Å². The van der Waals surface area contributed by atoms with Gasteiger partial charge in [-0.2, -0.15) is 0 Å². The van der Waals surface area contributed by atoms with E-state index in [2.05, 4.69) is 11.9 Å². The van der Waals surface area contributed by atoms with E-state index < -0.39 is 12.1 Å². The summed E-state index contributed by atoms with van der Waals surface area (Å²) >= 11 is 0. The fourth-order valence-corrected chi connectivity index (χ4v) is 3.25. The first-order valence-corrected chi connectivity index (χ1v) is 10.1. The van der Waals surface area contributed by atoms with E-state index in [0.29, 0.717) is 19.3 Å². The van der Waals surface area contributed by atoms with Gasteiger partial charge < -0.3 is 15.3 Å². The van der Waals surface area contributed by atoms with Crippen LogP contribution in [0.25, 0.3) is 17.0 Å². The van der Waals surface area contributed by atoms with Crippen molar-refractivity contribution < 1.29 is 20.1 Å². The van der Waals surface area contributed by atoms with Gasteiger partial charge in [0.1, 0.15) is 0 Å². The topological polar surface area (TPSA) is 90.7 Å². The fourth-order valence-electron chi connectivity index (χ4n) is 3.25. The molecule has 2 rings (SSSR count). The lowest BCUT2D eigenvalue weighted by Crippen LogP contribution is -2.04. The maximum absolute atomic E-state index is 10.6. The van der Waals surface area contributed by atoms with Crippen LogP contribution in [0.15, 0.2) is 36.5 Å². The number of aliphatic carboxylic acids is 1. The predicted molar refractivity (Wildman–Crippen MR) is 112 cm³/mol. The molecular weight excluding hydrogens is 354 g/mol. The molecule has 2 atom stereocenters. The van der Waals surface area contributed by atoms with Gasteiger partial charge in [0, 0.05) is 18.0 Å². The van der Waals surface area contributed by atoms with Crippen molar-refractivity contribution in [3.63, 3.8) is 0 Å². The lowest BCUT2D eigenvalue weighted by Gasteiger charge is -2.12. The number of pyridine rings is 1. The third kappa shape index (κ3) is 7.06. The summed E-state index contributed by atoms with van der Waals surface area (Å²) in [5.74, 6) is -0.848. The molecule has 0 aliphatic carbocycles. The van der Waals surface area contributed by atoms with Gasteiger partial charge in [0.15, 0.2) is 0 Å². The molecule has 0 bridgehead atoms. The Morgan fingerprint density at radius 3 is 2.71 bits per heavy atom. The number of carboxylic acids is 1. The van der Waals surface area contributed by atoms with Gasteiger partial charge in [-0.05, 0) is 55.0 Å². The Kier molecular flexibility index (Phi) is 9.11. The van der Waals surface area contributed by atoms with Crippen molar-refractivity contribution in [2.75, 3.05) is 0 Å². The molecule has 0 radical (unpaired) electrons. The van der Waals surface area contributed by atoms with Crippen LogP contribution in [0.4, 0.5) is 0 Å². The Morgan fingerprint density at radius 2 is 1.96 bits per heavy atom. The van der Waals surface area contributed by atoms with Crippen molar-refractivity contribution in [3.05, 3.63) is 47.7 Å². The van der Waals surface area contributed by atoms with Crippen molar-refractivity contribution in [2.45, 2.75) is 70.5 Å². The molecule has 0 fully saturated rings. The van der Waals surface area contributed by atoms with Crippen LogP contribution in [0.2, 0.25) is 0 Å². The fraction of sp³-hybridized carbons (Fsp3) is 0.478. The first-order chi connectivity index (χ1) is 13.5. The predicted octanol–water partition coefficient (Wildman–Crippen LogP) is 4.87. The van der Waals surface area contributed by atoms with Gasteiger partial charge in [-0.25, -0.2) is 0 Å². The molecule has 2 unspecified atom stereocenters. The lowest BCUT2D eigenvalue weighted by molar-refractivity contribution is -0.137. The summed E-state index contributed by atoms with van der Waals surface area (Å²) in [6, 6.07) is 7.56. The van der Waals surface area contributed by atoms with Gasteiger partial charge in [-0.15, -0.1) is 0 Å². The Balaban J connectivity index is 2.07. The molecule has 28 heavy (non-hydrogen) atoms. The Labute approximate surface area is 166 Å². The van der Waals surface area contributed by atoms with Crippen LogP contribution < -0.4 is 0 Å². The van der Waals surface area contributed by atoms with Gasteiger partial charge in [-0.1, -0.05) is 44.4 Å². The third-order valence-corrected chi connectivity index (χ3v) is 4.90. The highest BCUT2D eigenvalue weighted by molar-refractivity contribution is 5.88. The summed E-state index contributed by atoms with van der Waals surface area (Å²) in [5.41, 5.74) is 2.60. The first kappa shape index (κ1) is 22.1. The SMILES string of the molecule is CCCCCC(O)C/C=C/c1ccnc2ccc(C(O)CCCC(=O)O)cc12. The van der Waals surface area contributed by atoms with Crippen LogP contribution in [0, 0.1) is 0 Å². The molecule has 152 valence electrons. The zero-order valence-corrected chi connectivity index (χ0v) is 16.6. The number of carboxylic acid groups (broad SMARTS) is 1. The molecule has 0 spiro atoms. The van der Waals surface area contributed by atoms with E-state index in [1.165, 1.54) is 0 Å². The normalized spacial score (nSPS) is 13.8. The molecule has 5 heteroatoms.